The molecule has 12 heteroatoms. The second-order valence-corrected chi connectivity index (χ2v) is 8.74. The van der Waals surface area contributed by atoms with Crippen molar-refractivity contribution in [1.29, 1.82) is 0 Å². The van der Waals surface area contributed by atoms with Gasteiger partial charge >= 0.3 is 6.18 Å². The third kappa shape index (κ3) is 5.93. The summed E-state index contributed by atoms with van der Waals surface area (Å²) in [6.45, 7) is 1.71. The molecule has 7 nitrogen and oxygen atoms in total. The highest BCUT2D eigenvalue weighted by molar-refractivity contribution is 5.60. The van der Waals surface area contributed by atoms with Crippen LogP contribution in [-0.2, 0) is 12.7 Å². The number of hydrogen-bond donors (Lipinski definition) is 1. The molecule has 0 spiro atoms. The van der Waals surface area contributed by atoms with Gasteiger partial charge in [0, 0.05) is 43.7 Å². The molecule has 2 aromatic heterocycles. The molecule has 35 heavy (non-hydrogen) atoms. The quantitative estimate of drug-likeness (QED) is 0.496. The summed E-state index contributed by atoms with van der Waals surface area (Å²) in [6.07, 6.45) is -1.07. The van der Waals surface area contributed by atoms with E-state index in [0.717, 1.165) is 12.1 Å². The molecule has 2 unspecified atom stereocenters. The van der Waals surface area contributed by atoms with Crippen molar-refractivity contribution in [2.75, 3.05) is 39.2 Å². The lowest BCUT2D eigenvalue weighted by atomic mass is 9.94. The standard InChI is InChI=1S/C23H26F5N7/c1-33(2)9-10-34-13-20(15-3-4-18(24)17(11-15)23(26,27)28)31-22(34)16-6-8-35(12-19(16)25)32-21-5-7-29-14-30-21/h3-5,7,11,13-14,16,19H,6,8-10,12H2,1-2H3,(H,29,30,32). The molecule has 0 radical (unpaired) electrons. The van der Waals surface area contributed by atoms with Crippen LogP contribution >= 0.6 is 0 Å². The molecule has 1 N–H and O–H groups in total. The summed E-state index contributed by atoms with van der Waals surface area (Å²) in [4.78, 5) is 14.4. The van der Waals surface area contributed by atoms with E-state index in [9.17, 15) is 17.6 Å². The van der Waals surface area contributed by atoms with Crippen molar-refractivity contribution in [2.45, 2.75) is 31.2 Å². The smallest absolute Gasteiger partial charge is 0.333 e. The summed E-state index contributed by atoms with van der Waals surface area (Å²) < 4.78 is 70.7. The predicted molar refractivity (Wildman–Crippen MR) is 121 cm³/mol. The van der Waals surface area contributed by atoms with E-state index in [1.807, 2.05) is 19.0 Å². The largest absolute Gasteiger partial charge is 0.419 e. The van der Waals surface area contributed by atoms with E-state index < -0.39 is 29.6 Å². The van der Waals surface area contributed by atoms with Gasteiger partial charge in [-0.1, -0.05) is 0 Å². The van der Waals surface area contributed by atoms with Gasteiger partial charge in [-0.2, -0.15) is 13.2 Å². The summed E-state index contributed by atoms with van der Waals surface area (Å²) in [5, 5.41) is 1.73. The molecule has 0 amide bonds. The van der Waals surface area contributed by atoms with Crippen molar-refractivity contribution in [3.05, 3.63) is 60.2 Å². The van der Waals surface area contributed by atoms with E-state index >= 15 is 4.39 Å². The number of hydrogen-bond acceptors (Lipinski definition) is 6. The number of alkyl halides is 4. The normalized spacial score (nSPS) is 19.3. The van der Waals surface area contributed by atoms with Gasteiger partial charge in [0.25, 0.3) is 0 Å². The lowest BCUT2D eigenvalue weighted by Gasteiger charge is -2.34. The van der Waals surface area contributed by atoms with Gasteiger partial charge in [0.05, 0.1) is 23.7 Å². The van der Waals surface area contributed by atoms with Gasteiger partial charge in [-0.15, -0.1) is 0 Å². The Balaban J connectivity index is 1.60. The average Bonchev–Trinajstić information content (AvgIpc) is 3.22. The second-order valence-electron chi connectivity index (χ2n) is 8.74. The van der Waals surface area contributed by atoms with E-state index in [1.165, 1.54) is 12.4 Å². The fourth-order valence-electron chi connectivity index (χ4n) is 4.07. The van der Waals surface area contributed by atoms with E-state index in [1.54, 1.807) is 28.0 Å². The van der Waals surface area contributed by atoms with Crippen LogP contribution in [0.3, 0.4) is 0 Å². The second kappa shape index (κ2) is 10.2. The number of anilines is 1. The van der Waals surface area contributed by atoms with Crippen LogP contribution in [0.4, 0.5) is 27.8 Å². The van der Waals surface area contributed by atoms with Crippen molar-refractivity contribution >= 4 is 5.82 Å². The van der Waals surface area contributed by atoms with Crippen LogP contribution in [0.5, 0.6) is 0 Å². The topological polar surface area (TPSA) is 62.1 Å². The molecule has 0 aliphatic carbocycles. The Morgan fingerprint density at radius 3 is 2.66 bits per heavy atom. The summed E-state index contributed by atoms with van der Waals surface area (Å²) >= 11 is 0. The molecule has 0 saturated carbocycles. The van der Waals surface area contributed by atoms with Crippen LogP contribution in [0, 0.1) is 5.82 Å². The maximum Gasteiger partial charge on any atom is 0.419 e. The van der Waals surface area contributed by atoms with Gasteiger partial charge in [-0.05, 0) is 38.7 Å². The van der Waals surface area contributed by atoms with Crippen LogP contribution in [0.1, 0.15) is 23.7 Å². The highest BCUT2D eigenvalue weighted by atomic mass is 19.4. The first-order chi connectivity index (χ1) is 16.6. The maximum absolute atomic E-state index is 15.4. The van der Waals surface area contributed by atoms with E-state index in [0.29, 0.717) is 37.7 Å². The number of nitrogens with one attached hydrogen (secondary N) is 1. The number of imidazole rings is 1. The fraction of sp³-hybridized carbons (Fsp3) is 0.435. The molecular weight excluding hydrogens is 469 g/mol. The molecular formula is C23H26F5N7. The molecule has 1 fully saturated rings. The number of likely N-dealkylation sites (N-methyl/N-ethyl adjacent to an activating group) is 1. The lowest BCUT2D eigenvalue weighted by molar-refractivity contribution is -0.139. The first kappa shape index (κ1) is 25.0. The van der Waals surface area contributed by atoms with E-state index in [4.69, 9.17) is 0 Å². The first-order valence-electron chi connectivity index (χ1n) is 11.1. The molecule has 3 heterocycles. The monoisotopic (exact) mass is 495 g/mol. The fourth-order valence-corrected chi connectivity index (χ4v) is 4.07. The maximum atomic E-state index is 15.4. The zero-order valence-electron chi connectivity index (χ0n) is 19.3. The van der Waals surface area contributed by atoms with Gasteiger partial charge in [-0.25, -0.2) is 28.7 Å². The van der Waals surface area contributed by atoms with Crippen molar-refractivity contribution in [1.82, 2.24) is 29.4 Å². The highest BCUT2D eigenvalue weighted by Gasteiger charge is 2.36. The molecule has 3 aromatic rings. The van der Waals surface area contributed by atoms with E-state index in [2.05, 4.69) is 20.4 Å². The number of aromatic nitrogens is 4. The summed E-state index contributed by atoms with van der Waals surface area (Å²) in [5.41, 5.74) is 2.08. The number of rotatable bonds is 7. The van der Waals surface area contributed by atoms with Crippen LogP contribution in [0.25, 0.3) is 11.3 Å². The third-order valence-corrected chi connectivity index (χ3v) is 5.89. The molecule has 1 aliphatic heterocycles. The molecule has 1 aromatic carbocycles. The Kier molecular flexibility index (Phi) is 7.31. The lowest BCUT2D eigenvalue weighted by Crippen LogP contribution is -2.44. The summed E-state index contributed by atoms with van der Waals surface area (Å²) in [6, 6.07) is 4.47. The van der Waals surface area contributed by atoms with Gasteiger partial charge in [-0.3, -0.25) is 0 Å². The third-order valence-electron chi connectivity index (χ3n) is 5.89. The minimum Gasteiger partial charge on any atom is -0.333 e. The highest BCUT2D eigenvalue weighted by Crippen LogP contribution is 2.36. The van der Waals surface area contributed by atoms with Crippen molar-refractivity contribution in [3.63, 3.8) is 0 Å². The molecule has 1 aliphatic rings. The Morgan fingerprint density at radius 1 is 1.20 bits per heavy atom. The van der Waals surface area contributed by atoms with Gasteiger partial charge in [0.1, 0.15) is 30.0 Å². The molecule has 188 valence electrons. The van der Waals surface area contributed by atoms with Gasteiger partial charge in [0.15, 0.2) is 0 Å². The van der Waals surface area contributed by atoms with Crippen molar-refractivity contribution in [2.24, 2.45) is 0 Å². The molecule has 4 rings (SSSR count). The number of hydrazine groups is 1. The van der Waals surface area contributed by atoms with Gasteiger partial charge in [0.2, 0.25) is 0 Å². The minimum absolute atomic E-state index is 0.0827. The number of nitrogens with zero attached hydrogens (tertiary/aromatic N) is 6. The number of piperidine rings is 1. The average molecular weight is 496 g/mol. The van der Waals surface area contributed by atoms with Crippen molar-refractivity contribution < 1.29 is 22.0 Å². The zero-order chi connectivity index (χ0) is 25.2. The Bertz CT molecular complexity index is 1130. The Labute approximate surface area is 199 Å². The van der Waals surface area contributed by atoms with E-state index in [-0.39, 0.29) is 17.8 Å². The summed E-state index contributed by atoms with van der Waals surface area (Å²) in [5.74, 6) is -0.871. The molecule has 0 bridgehead atoms. The summed E-state index contributed by atoms with van der Waals surface area (Å²) in [7, 11) is 3.78. The van der Waals surface area contributed by atoms with Crippen LogP contribution in [0.2, 0.25) is 0 Å². The van der Waals surface area contributed by atoms with Crippen LogP contribution in [0.15, 0.2) is 43.0 Å². The Morgan fingerprint density at radius 2 is 2.00 bits per heavy atom. The number of benzene rings is 1. The predicted octanol–water partition coefficient (Wildman–Crippen LogP) is 4.21. The Hall–Kier alpha value is -3.12. The van der Waals surface area contributed by atoms with Gasteiger partial charge < -0.3 is 14.9 Å². The van der Waals surface area contributed by atoms with Crippen LogP contribution < -0.4 is 5.43 Å². The minimum atomic E-state index is -4.83. The SMILES string of the molecule is CN(C)CCn1cc(-c2ccc(F)c(C(F)(F)F)c2)nc1C1CCN(Nc2ccncn2)CC1F. The van der Waals surface area contributed by atoms with Crippen LogP contribution in [-0.4, -0.2) is 69.3 Å². The zero-order valence-corrected chi connectivity index (χ0v) is 19.3. The number of halogens is 5. The van der Waals surface area contributed by atoms with Crippen molar-refractivity contribution in [3.8, 4) is 11.3 Å². The molecule has 1 saturated heterocycles. The molecule has 2 atom stereocenters. The first-order valence-corrected chi connectivity index (χ1v) is 11.1.